The molecule has 3 heterocycles. The Hall–Kier alpha value is -3.03. The van der Waals surface area contributed by atoms with Crippen molar-refractivity contribution in [1.82, 2.24) is 0 Å². The van der Waals surface area contributed by atoms with Crippen molar-refractivity contribution in [2.75, 3.05) is 24.6 Å². The molecule has 3 aliphatic rings. The van der Waals surface area contributed by atoms with Gasteiger partial charge in [-0.2, -0.15) is 0 Å². The minimum Gasteiger partial charge on any atom is -0.508 e. The molecule has 5 rings (SSSR count). The lowest BCUT2D eigenvalue weighted by Gasteiger charge is -2.40. The fourth-order valence-corrected chi connectivity index (χ4v) is 5.64. The van der Waals surface area contributed by atoms with Gasteiger partial charge in [-0.25, -0.2) is 0 Å². The van der Waals surface area contributed by atoms with E-state index in [0.717, 1.165) is 44.3 Å². The van der Waals surface area contributed by atoms with Crippen molar-refractivity contribution in [3.8, 4) is 11.5 Å². The Kier molecular flexibility index (Phi) is 6.97. The molecule has 0 saturated carbocycles. The number of phenols is 2. The Bertz CT molecular complexity index is 1110. The number of carboxylic acid groups (broad SMARTS) is 1. The van der Waals surface area contributed by atoms with Gasteiger partial charge in [-0.05, 0) is 56.2 Å². The molecule has 186 valence electrons. The number of aliphatic carboxylic acids is 1. The molecule has 2 aromatic carbocycles. The molecule has 0 aliphatic carbocycles. The minimum absolute atomic E-state index is 0.0609. The lowest BCUT2D eigenvalue weighted by molar-refractivity contribution is -0.244. The SMILES string of the molecule is O=C(O)CC/C=C\C[C@@H]1COC(c2cc3c4c(c2O)CCCN4CCC3)O[C@@H]1c1ccccc1O. The summed E-state index contributed by atoms with van der Waals surface area (Å²) in [4.78, 5) is 13.2. The van der Waals surface area contributed by atoms with Crippen LogP contribution in [0.2, 0.25) is 0 Å². The van der Waals surface area contributed by atoms with Gasteiger partial charge in [0.25, 0.3) is 0 Å². The van der Waals surface area contributed by atoms with Crippen molar-refractivity contribution in [2.45, 2.75) is 57.3 Å². The third kappa shape index (κ3) is 4.88. The Morgan fingerprint density at radius 2 is 1.89 bits per heavy atom. The van der Waals surface area contributed by atoms with Crippen LogP contribution in [0.5, 0.6) is 11.5 Å². The topological polar surface area (TPSA) is 99.5 Å². The largest absolute Gasteiger partial charge is 0.508 e. The highest BCUT2D eigenvalue weighted by Gasteiger charge is 2.37. The maximum Gasteiger partial charge on any atom is 0.303 e. The monoisotopic (exact) mass is 479 g/mol. The second-order valence-electron chi connectivity index (χ2n) is 9.68. The summed E-state index contributed by atoms with van der Waals surface area (Å²) in [6.07, 6.45) is 7.80. The molecule has 3 N–H and O–H groups in total. The van der Waals surface area contributed by atoms with Gasteiger partial charge in [-0.15, -0.1) is 0 Å². The van der Waals surface area contributed by atoms with Gasteiger partial charge in [-0.1, -0.05) is 30.4 Å². The van der Waals surface area contributed by atoms with Crippen LogP contribution in [0.4, 0.5) is 5.69 Å². The zero-order chi connectivity index (χ0) is 24.4. The van der Waals surface area contributed by atoms with Crippen molar-refractivity contribution in [1.29, 1.82) is 0 Å². The van der Waals surface area contributed by atoms with Crippen molar-refractivity contribution in [3.05, 3.63) is 64.7 Å². The van der Waals surface area contributed by atoms with Crippen LogP contribution in [-0.4, -0.2) is 41.0 Å². The van der Waals surface area contributed by atoms with Crippen LogP contribution >= 0.6 is 0 Å². The van der Waals surface area contributed by atoms with Crippen LogP contribution in [0.1, 0.15) is 66.8 Å². The lowest BCUT2D eigenvalue weighted by atomic mass is 9.88. The number of hydrogen-bond donors (Lipinski definition) is 3. The van der Waals surface area contributed by atoms with Crippen molar-refractivity contribution >= 4 is 11.7 Å². The van der Waals surface area contributed by atoms with E-state index in [1.54, 1.807) is 12.1 Å². The van der Waals surface area contributed by atoms with Gasteiger partial charge >= 0.3 is 5.97 Å². The first-order chi connectivity index (χ1) is 17.0. The first kappa shape index (κ1) is 23.7. The van der Waals surface area contributed by atoms with E-state index in [4.69, 9.17) is 14.6 Å². The summed E-state index contributed by atoms with van der Waals surface area (Å²) in [5, 5.41) is 30.7. The van der Waals surface area contributed by atoms with Gasteiger partial charge < -0.3 is 29.7 Å². The summed E-state index contributed by atoms with van der Waals surface area (Å²) in [5.41, 5.74) is 4.79. The molecule has 3 atom stereocenters. The fourth-order valence-electron chi connectivity index (χ4n) is 5.64. The summed E-state index contributed by atoms with van der Waals surface area (Å²) >= 11 is 0. The van der Waals surface area contributed by atoms with Crippen LogP contribution in [0.15, 0.2) is 42.5 Å². The van der Waals surface area contributed by atoms with Gasteiger partial charge in [0.15, 0.2) is 6.29 Å². The van der Waals surface area contributed by atoms with E-state index < -0.39 is 18.4 Å². The normalized spacial score (nSPS) is 23.9. The molecule has 2 aromatic rings. The maximum absolute atomic E-state index is 11.3. The van der Waals surface area contributed by atoms with E-state index in [9.17, 15) is 15.0 Å². The molecule has 0 spiro atoms. The minimum atomic E-state index is -0.819. The Morgan fingerprint density at radius 1 is 1.09 bits per heavy atom. The lowest BCUT2D eigenvalue weighted by Crippen LogP contribution is -2.35. The van der Waals surface area contributed by atoms with Gasteiger partial charge in [0.2, 0.25) is 0 Å². The first-order valence-electron chi connectivity index (χ1n) is 12.6. The number of phenolic OH excluding ortho intramolecular Hbond substituents is 2. The average molecular weight is 480 g/mol. The molecule has 0 amide bonds. The van der Waals surface area contributed by atoms with E-state index in [1.807, 2.05) is 30.4 Å². The first-order valence-corrected chi connectivity index (χ1v) is 12.6. The number of carboxylic acids is 1. The van der Waals surface area contributed by atoms with Crippen molar-refractivity contribution in [3.63, 3.8) is 0 Å². The van der Waals surface area contributed by atoms with Crippen LogP contribution in [0.25, 0.3) is 0 Å². The van der Waals surface area contributed by atoms with Crippen LogP contribution in [0.3, 0.4) is 0 Å². The van der Waals surface area contributed by atoms with E-state index in [1.165, 1.54) is 11.3 Å². The number of ether oxygens (including phenoxy) is 2. The van der Waals surface area contributed by atoms with Gasteiger partial charge in [0, 0.05) is 42.2 Å². The smallest absolute Gasteiger partial charge is 0.303 e. The summed E-state index contributed by atoms with van der Waals surface area (Å²) in [7, 11) is 0. The highest BCUT2D eigenvalue weighted by atomic mass is 16.7. The third-order valence-corrected chi connectivity index (χ3v) is 7.31. The quantitative estimate of drug-likeness (QED) is 0.480. The van der Waals surface area contributed by atoms with E-state index >= 15 is 0 Å². The number of anilines is 1. The fraction of sp³-hybridized carbons (Fsp3) is 0.464. The number of rotatable bonds is 7. The van der Waals surface area contributed by atoms with E-state index in [0.29, 0.717) is 30.6 Å². The maximum atomic E-state index is 11.3. The Labute approximate surface area is 205 Å². The molecular weight excluding hydrogens is 446 g/mol. The summed E-state index contributed by atoms with van der Waals surface area (Å²) in [5.74, 6) is -0.447. The average Bonchev–Trinajstić information content (AvgIpc) is 2.86. The molecule has 1 saturated heterocycles. The predicted molar refractivity (Wildman–Crippen MR) is 132 cm³/mol. The number of allylic oxidation sites excluding steroid dienone is 2. The van der Waals surface area contributed by atoms with E-state index in [2.05, 4.69) is 4.90 Å². The zero-order valence-electron chi connectivity index (χ0n) is 19.9. The van der Waals surface area contributed by atoms with Gasteiger partial charge in [0.1, 0.15) is 11.5 Å². The number of nitrogens with zero attached hydrogens (tertiary/aromatic N) is 1. The standard InChI is InChI=1S/C28H33NO6/c30-23-12-5-4-10-20(23)27-19(8-2-1-3-13-24(31)32)17-34-28(35-27)22-16-18-9-6-14-29-15-7-11-21(25(18)29)26(22)33/h1-2,4-5,10,12,16,19,27-28,30,33H,3,6-9,11,13-15,17H2,(H,31,32)/b2-1-/t19-,27+,28?/m1/s1. The molecule has 0 aromatic heterocycles. The summed E-state index contributed by atoms with van der Waals surface area (Å²) in [6.45, 7) is 2.46. The molecular formula is C28H33NO6. The number of aromatic hydroxyl groups is 2. The van der Waals surface area contributed by atoms with Crippen LogP contribution in [-0.2, 0) is 27.1 Å². The molecule has 7 heteroatoms. The summed E-state index contributed by atoms with van der Waals surface area (Å²) < 4.78 is 12.7. The van der Waals surface area contributed by atoms with Crippen LogP contribution in [0, 0.1) is 5.92 Å². The molecule has 1 fully saturated rings. The highest BCUT2D eigenvalue weighted by molar-refractivity contribution is 5.69. The third-order valence-electron chi connectivity index (χ3n) is 7.31. The molecule has 35 heavy (non-hydrogen) atoms. The van der Waals surface area contributed by atoms with Crippen molar-refractivity contribution < 1.29 is 29.6 Å². The molecule has 0 radical (unpaired) electrons. The zero-order valence-corrected chi connectivity index (χ0v) is 19.9. The summed E-state index contributed by atoms with van der Waals surface area (Å²) in [6, 6.07) is 9.21. The number of carbonyl (C=O) groups is 1. The molecule has 7 nitrogen and oxygen atoms in total. The number of benzene rings is 2. The second-order valence-corrected chi connectivity index (χ2v) is 9.68. The number of hydrogen-bond acceptors (Lipinski definition) is 6. The Balaban J connectivity index is 1.42. The van der Waals surface area contributed by atoms with Crippen LogP contribution < -0.4 is 4.90 Å². The predicted octanol–water partition coefficient (Wildman–Crippen LogP) is 5.01. The molecule has 0 bridgehead atoms. The molecule has 3 aliphatic heterocycles. The van der Waals surface area contributed by atoms with Crippen molar-refractivity contribution in [2.24, 2.45) is 5.92 Å². The number of aryl methyl sites for hydroxylation is 1. The van der Waals surface area contributed by atoms with Gasteiger partial charge in [0.05, 0.1) is 18.3 Å². The highest BCUT2D eigenvalue weighted by Crippen LogP contribution is 2.48. The Morgan fingerprint density at radius 3 is 2.69 bits per heavy atom. The van der Waals surface area contributed by atoms with Gasteiger partial charge in [-0.3, -0.25) is 4.79 Å². The molecule has 1 unspecified atom stereocenters. The number of para-hydroxylation sites is 1. The van der Waals surface area contributed by atoms with E-state index in [-0.39, 0.29) is 23.8 Å². The second kappa shape index (κ2) is 10.3.